The van der Waals surface area contributed by atoms with Gasteiger partial charge in [-0.2, -0.15) is 0 Å². The molecule has 3 atom stereocenters. The molecule has 2 aliphatic rings. The minimum atomic E-state index is -1.88. The van der Waals surface area contributed by atoms with Crippen molar-refractivity contribution in [1.82, 2.24) is 0 Å². The van der Waals surface area contributed by atoms with Crippen LogP contribution in [0.4, 0.5) is 0 Å². The maximum absolute atomic E-state index is 13.3. The largest absolute Gasteiger partial charge is 0.468 e. The second-order valence-corrected chi connectivity index (χ2v) is 6.80. The summed E-state index contributed by atoms with van der Waals surface area (Å²) in [6, 6.07) is 6.72. The van der Waals surface area contributed by atoms with Gasteiger partial charge in [0.15, 0.2) is 5.78 Å². The average Bonchev–Trinajstić information content (AvgIpc) is 3.02. The molecular formula is C20H24O7. The lowest BCUT2D eigenvalue weighted by Crippen LogP contribution is -2.55. The Kier molecular flexibility index (Phi) is 5.51. The molecule has 0 saturated carbocycles. The summed E-state index contributed by atoms with van der Waals surface area (Å²) in [5, 5.41) is 0. The van der Waals surface area contributed by atoms with Gasteiger partial charge in [0.2, 0.25) is 11.7 Å². The Hall–Kier alpha value is -2.41. The average molecular weight is 376 g/mol. The van der Waals surface area contributed by atoms with Crippen molar-refractivity contribution in [1.29, 1.82) is 0 Å². The number of rotatable bonds is 6. The first-order valence-electron chi connectivity index (χ1n) is 9.14. The summed E-state index contributed by atoms with van der Waals surface area (Å²) in [5.74, 6) is -2.82. The van der Waals surface area contributed by atoms with Crippen molar-refractivity contribution >= 4 is 17.7 Å². The van der Waals surface area contributed by atoms with Crippen LogP contribution < -0.4 is 4.74 Å². The molecule has 0 amide bonds. The molecule has 3 rings (SSSR count). The van der Waals surface area contributed by atoms with E-state index in [1.807, 2.05) is 6.92 Å². The van der Waals surface area contributed by atoms with Gasteiger partial charge in [0.05, 0.1) is 25.9 Å². The first-order valence-corrected chi connectivity index (χ1v) is 9.14. The van der Waals surface area contributed by atoms with Crippen molar-refractivity contribution in [2.45, 2.75) is 45.0 Å². The summed E-state index contributed by atoms with van der Waals surface area (Å²) in [7, 11) is 2.37. The summed E-state index contributed by atoms with van der Waals surface area (Å²) in [5.41, 5.74) is -1.57. The Morgan fingerprint density at radius 1 is 1.11 bits per heavy atom. The van der Waals surface area contributed by atoms with Crippen LogP contribution in [0.15, 0.2) is 24.3 Å². The Labute approximate surface area is 157 Å². The van der Waals surface area contributed by atoms with Crippen LogP contribution in [-0.2, 0) is 23.8 Å². The number of benzene rings is 1. The third kappa shape index (κ3) is 2.90. The van der Waals surface area contributed by atoms with Crippen molar-refractivity contribution in [3.8, 4) is 5.75 Å². The Balaban J connectivity index is 2.10. The Bertz CT molecular complexity index is 726. The number of carbonyl (C=O) groups excluding carboxylic acids is 3. The lowest BCUT2D eigenvalue weighted by molar-refractivity contribution is -0.175. The van der Waals surface area contributed by atoms with Crippen LogP contribution in [0.3, 0.4) is 0 Å². The van der Waals surface area contributed by atoms with E-state index in [1.165, 1.54) is 14.2 Å². The lowest BCUT2D eigenvalue weighted by atomic mass is 9.68. The minimum absolute atomic E-state index is 0.314. The van der Waals surface area contributed by atoms with E-state index in [1.54, 1.807) is 24.3 Å². The van der Waals surface area contributed by atoms with Crippen molar-refractivity contribution in [2.75, 3.05) is 14.2 Å². The molecule has 0 unspecified atom stereocenters. The number of methoxy groups -OCH3 is 2. The second kappa shape index (κ2) is 7.68. The number of unbranched alkanes of at least 4 members (excludes halogenated alkanes) is 2. The summed E-state index contributed by atoms with van der Waals surface area (Å²) < 4.78 is 21.7. The van der Waals surface area contributed by atoms with Crippen molar-refractivity contribution in [2.24, 2.45) is 11.3 Å². The third-order valence-corrected chi connectivity index (χ3v) is 5.36. The molecule has 146 valence electrons. The first kappa shape index (κ1) is 19.4. The zero-order valence-corrected chi connectivity index (χ0v) is 15.7. The van der Waals surface area contributed by atoms with Crippen molar-refractivity contribution < 1.29 is 33.3 Å². The van der Waals surface area contributed by atoms with E-state index in [0.717, 1.165) is 19.3 Å². The number of para-hydroxylation sites is 1. The summed E-state index contributed by atoms with van der Waals surface area (Å²) in [6.45, 7) is 2.05. The van der Waals surface area contributed by atoms with Crippen molar-refractivity contribution in [3.05, 3.63) is 29.8 Å². The third-order valence-electron chi connectivity index (χ3n) is 5.36. The molecule has 2 heterocycles. The number of esters is 2. The van der Waals surface area contributed by atoms with Gasteiger partial charge in [0.1, 0.15) is 11.7 Å². The standard InChI is InChI=1S/C20H24O7/c1-4-5-6-11-14-20(18(22)24-2,19(23)25-3)15-16(21)12-9-7-8-10-13(12)26-17(15)27-14/h7-10,14-15,17H,4-6,11H2,1-3H3/t14-,15+,17-/m1/s1. The van der Waals surface area contributed by atoms with Crippen LogP contribution in [0.1, 0.15) is 43.0 Å². The molecule has 1 fully saturated rings. The zero-order valence-electron chi connectivity index (χ0n) is 15.7. The van der Waals surface area contributed by atoms with E-state index in [-0.39, 0.29) is 5.78 Å². The highest BCUT2D eigenvalue weighted by molar-refractivity contribution is 6.11. The number of fused-ring (bicyclic) bond motifs is 2. The number of carbonyl (C=O) groups is 3. The highest BCUT2D eigenvalue weighted by atomic mass is 16.7. The first-order chi connectivity index (χ1) is 13.0. The maximum atomic E-state index is 13.3. The van der Waals surface area contributed by atoms with Gasteiger partial charge in [0.25, 0.3) is 0 Å². The molecular weight excluding hydrogens is 352 g/mol. The van der Waals surface area contributed by atoms with Crippen molar-refractivity contribution in [3.63, 3.8) is 0 Å². The summed E-state index contributed by atoms with van der Waals surface area (Å²) in [4.78, 5) is 39.0. The predicted molar refractivity (Wildman–Crippen MR) is 94.2 cm³/mol. The molecule has 7 heteroatoms. The van der Waals surface area contributed by atoms with Crippen LogP contribution in [0, 0.1) is 11.3 Å². The monoisotopic (exact) mass is 376 g/mol. The molecule has 2 aliphatic heterocycles. The number of ketones is 1. The van der Waals surface area contributed by atoms with Crippen LogP contribution in [0.25, 0.3) is 0 Å². The molecule has 0 bridgehead atoms. The summed E-state index contributed by atoms with van der Waals surface area (Å²) >= 11 is 0. The maximum Gasteiger partial charge on any atom is 0.326 e. The highest BCUT2D eigenvalue weighted by Crippen LogP contribution is 2.52. The quantitative estimate of drug-likeness (QED) is 0.428. The van der Waals surface area contributed by atoms with Gasteiger partial charge in [-0.3, -0.25) is 14.4 Å². The molecule has 0 aromatic heterocycles. The van der Waals surface area contributed by atoms with E-state index in [4.69, 9.17) is 18.9 Å². The fourth-order valence-corrected chi connectivity index (χ4v) is 4.07. The van der Waals surface area contributed by atoms with Crippen LogP contribution in [0.5, 0.6) is 5.75 Å². The number of Topliss-reactive ketones (excluding diaryl/α,β-unsaturated/α-hetero) is 1. The Morgan fingerprint density at radius 3 is 2.41 bits per heavy atom. The topological polar surface area (TPSA) is 88.1 Å². The van der Waals surface area contributed by atoms with Gasteiger partial charge in [-0.15, -0.1) is 0 Å². The summed E-state index contributed by atoms with van der Waals surface area (Å²) in [6.07, 6.45) is 1.11. The minimum Gasteiger partial charge on any atom is -0.468 e. The SMILES string of the molecule is CCCCC[C@H]1O[C@H]2Oc3ccccc3C(=O)[C@@H]2C1(C(=O)OC)C(=O)OC. The number of hydrogen-bond acceptors (Lipinski definition) is 7. The molecule has 1 aromatic rings. The molecule has 0 N–H and O–H groups in total. The van der Waals surface area contributed by atoms with Crippen LogP contribution in [0.2, 0.25) is 0 Å². The van der Waals surface area contributed by atoms with E-state index in [9.17, 15) is 14.4 Å². The van der Waals surface area contributed by atoms with E-state index >= 15 is 0 Å². The van der Waals surface area contributed by atoms with Crippen LogP contribution in [-0.4, -0.2) is 44.3 Å². The molecule has 0 aliphatic carbocycles. The zero-order chi connectivity index (χ0) is 19.6. The Morgan fingerprint density at radius 2 is 1.78 bits per heavy atom. The van der Waals surface area contributed by atoms with Gasteiger partial charge >= 0.3 is 11.9 Å². The smallest absolute Gasteiger partial charge is 0.326 e. The van der Waals surface area contributed by atoms with Gasteiger partial charge in [-0.05, 0) is 18.6 Å². The van der Waals surface area contributed by atoms with Gasteiger partial charge in [-0.25, -0.2) is 0 Å². The van der Waals surface area contributed by atoms with Gasteiger partial charge in [0, 0.05) is 0 Å². The molecule has 7 nitrogen and oxygen atoms in total. The van der Waals surface area contributed by atoms with E-state index in [2.05, 4.69) is 0 Å². The van der Waals surface area contributed by atoms with Gasteiger partial charge in [-0.1, -0.05) is 38.3 Å². The number of hydrogen-bond donors (Lipinski definition) is 0. The second-order valence-electron chi connectivity index (χ2n) is 6.80. The fraction of sp³-hybridized carbons (Fsp3) is 0.550. The molecule has 0 radical (unpaired) electrons. The van der Waals surface area contributed by atoms with E-state index < -0.39 is 35.7 Å². The fourth-order valence-electron chi connectivity index (χ4n) is 4.07. The highest BCUT2D eigenvalue weighted by Gasteiger charge is 2.71. The molecule has 27 heavy (non-hydrogen) atoms. The predicted octanol–water partition coefficient (Wildman–Crippen LogP) is 2.52. The van der Waals surface area contributed by atoms with Crippen LogP contribution >= 0.6 is 0 Å². The van der Waals surface area contributed by atoms with Gasteiger partial charge < -0.3 is 18.9 Å². The lowest BCUT2D eigenvalue weighted by Gasteiger charge is -2.34. The molecule has 1 aromatic carbocycles. The molecule has 0 spiro atoms. The molecule has 1 saturated heterocycles. The van der Waals surface area contributed by atoms with E-state index in [0.29, 0.717) is 17.7 Å². The normalized spacial score (nSPS) is 25.1. The number of ether oxygens (including phenoxy) is 4.